The highest BCUT2D eigenvalue weighted by molar-refractivity contribution is 5.78. The number of carbonyl (C=O) groups is 1. The van der Waals surface area contributed by atoms with Crippen molar-refractivity contribution >= 4 is 28.8 Å². The molecule has 5 rings (SSSR count). The minimum absolute atomic E-state index is 0.0709. The maximum absolute atomic E-state index is 13.6. The fourth-order valence-corrected chi connectivity index (χ4v) is 4.67. The summed E-state index contributed by atoms with van der Waals surface area (Å²) < 4.78 is 9.45. The average molecular weight is 488 g/mol. The second-order valence-electron chi connectivity index (χ2n) is 9.56. The van der Waals surface area contributed by atoms with Crippen molar-refractivity contribution in [2.45, 2.75) is 40.5 Å². The van der Waals surface area contributed by atoms with E-state index in [2.05, 4.69) is 37.8 Å². The number of fused-ring (bicyclic) bond motifs is 3. The number of aromatic nitrogens is 4. The van der Waals surface area contributed by atoms with Gasteiger partial charge in [0, 0.05) is 25.8 Å². The van der Waals surface area contributed by atoms with Crippen LogP contribution in [0, 0.1) is 19.8 Å². The fraction of sp³-hybridized carbons (Fsp3) is 0.333. The number of benzene rings is 2. The predicted octanol–water partition coefficient (Wildman–Crippen LogP) is 3.04. The van der Waals surface area contributed by atoms with E-state index in [4.69, 9.17) is 9.72 Å². The quantitative estimate of drug-likeness (QED) is 0.402. The molecule has 186 valence electrons. The van der Waals surface area contributed by atoms with Gasteiger partial charge in [-0.05, 0) is 48.6 Å². The molecule has 0 amide bonds. The van der Waals surface area contributed by atoms with Crippen LogP contribution < -0.4 is 16.1 Å². The van der Waals surface area contributed by atoms with Crippen LogP contribution in [-0.4, -0.2) is 31.2 Å². The Morgan fingerprint density at radius 2 is 1.81 bits per heavy atom. The monoisotopic (exact) mass is 487 g/mol. The Hall–Kier alpha value is -4.14. The molecular weight excluding hydrogens is 458 g/mol. The summed E-state index contributed by atoms with van der Waals surface area (Å²) in [5.74, 6) is 0.196. The zero-order valence-corrected chi connectivity index (χ0v) is 20.9. The first kappa shape index (κ1) is 23.6. The van der Waals surface area contributed by atoms with Crippen LogP contribution >= 0.6 is 0 Å². The number of ether oxygens (including phenoxy) is 1. The molecule has 2 aromatic carbocycles. The first-order chi connectivity index (χ1) is 17.2. The minimum atomic E-state index is -0.652. The van der Waals surface area contributed by atoms with Crippen LogP contribution in [-0.2, 0) is 36.3 Å². The molecule has 0 unspecified atom stereocenters. The molecule has 1 atom stereocenters. The Labute approximate surface area is 208 Å². The zero-order chi connectivity index (χ0) is 25.6. The van der Waals surface area contributed by atoms with Crippen LogP contribution in [0.4, 0.5) is 11.6 Å². The van der Waals surface area contributed by atoms with Crippen molar-refractivity contribution in [2.75, 3.05) is 11.4 Å². The summed E-state index contributed by atoms with van der Waals surface area (Å²) in [5, 5.41) is 0. The molecule has 2 aromatic heterocycles. The van der Waals surface area contributed by atoms with Crippen LogP contribution in [0.25, 0.3) is 11.2 Å². The molecular formula is C27H29N5O4. The standard InChI is InChI=1S/C27H29N5O4/c1-17-13-30(21-11-10-18(2)19(3)12-21)26-28-24-23(31(26)14-17)25(34)32(27(35)29(24)4)15-22(33)36-16-20-8-6-5-7-9-20/h5-12,17H,13-16H2,1-4H3/t17-/m0/s1. The van der Waals surface area contributed by atoms with Crippen molar-refractivity contribution < 1.29 is 9.53 Å². The topological polar surface area (TPSA) is 91.4 Å². The van der Waals surface area contributed by atoms with Crippen molar-refractivity contribution in [3.05, 3.63) is 86.1 Å². The number of carbonyl (C=O) groups excluding carboxylic acids is 1. The highest BCUT2D eigenvalue weighted by atomic mass is 16.5. The molecule has 3 heterocycles. The van der Waals surface area contributed by atoms with Gasteiger partial charge in [-0.15, -0.1) is 0 Å². The van der Waals surface area contributed by atoms with Crippen LogP contribution in [0.15, 0.2) is 58.1 Å². The number of nitrogens with zero attached hydrogens (tertiary/aromatic N) is 5. The lowest BCUT2D eigenvalue weighted by Gasteiger charge is -2.33. The number of hydrogen-bond donors (Lipinski definition) is 0. The van der Waals surface area contributed by atoms with E-state index >= 15 is 0 Å². The molecule has 0 bridgehead atoms. The van der Waals surface area contributed by atoms with Gasteiger partial charge in [0.05, 0.1) is 0 Å². The summed E-state index contributed by atoms with van der Waals surface area (Å²) in [4.78, 5) is 46.0. The molecule has 0 saturated heterocycles. The molecule has 9 nitrogen and oxygen atoms in total. The van der Waals surface area contributed by atoms with Gasteiger partial charge in [0.2, 0.25) is 5.95 Å². The first-order valence-electron chi connectivity index (χ1n) is 12.0. The van der Waals surface area contributed by atoms with Crippen molar-refractivity contribution in [3.63, 3.8) is 0 Å². The summed E-state index contributed by atoms with van der Waals surface area (Å²) in [6.45, 7) is 7.17. The van der Waals surface area contributed by atoms with Gasteiger partial charge in [-0.1, -0.05) is 43.3 Å². The normalized spacial score (nSPS) is 15.2. The number of anilines is 2. The molecule has 0 fully saturated rings. The first-order valence-corrected chi connectivity index (χ1v) is 12.0. The van der Waals surface area contributed by atoms with Crippen molar-refractivity contribution in [2.24, 2.45) is 13.0 Å². The molecule has 0 radical (unpaired) electrons. The second kappa shape index (κ2) is 9.14. The Morgan fingerprint density at radius 1 is 1.06 bits per heavy atom. The van der Waals surface area contributed by atoms with Crippen molar-refractivity contribution in [3.8, 4) is 0 Å². The summed E-state index contributed by atoms with van der Waals surface area (Å²) in [6, 6.07) is 15.5. The lowest BCUT2D eigenvalue weighted by molar-refractivity contribution is -0.145. The van der Waals surface area contributed by atoms with Gasteiger partial charge >= 0.3 is 11.7 Å². The summed E-state index contributed by atoms with van der Waals surface area (Å²) in [6.07, 6.45) is 0. The lowest BCUT2D eigenvalue weighted by Crippen LogP contribution is -2.42. The largest absolute Gasteiger partial charge is 0.459 e. The molecule has 9 heteroatoms. The van der Waals surface area contributed by atoms with Crippen LogP contribution in [0.2, 0.25) is 0 Å². The van der Waals surface area contributed by atoms with Gasteiger partial charge in [-0.25, -0.2) is 9.36 Å². The van der Waals surface area contributed by atoms with Crippen LogP contribution in [0.1, 0.15) is 23.6 Å². The molecule has 0 saturated carbocycles. The minimum Gasteiger partial charge on any atom is -0.459 e. The molecule has 0 spiro atoms. The van der Waals surface area contributed by atoms with Crippen LogP contribution in [0.3, 0.4) is 0 Å². The number of esters is 1. The lowest BCUT2D eigenvalue weighted by atomic mass is 10.1. The fourth-order valence-electron chi connectivity index (χ4n) is 4.67. The molecule has 0 N–H and O–H groups in total. The van der Waals surface area contributed by atoms with E-state index in [9.17, 15) is 14.4 Å². The average Bonchev–Trinajstić information content (AvgIpc) is 3.25. The van der Waals surface area contributed by atoms with E-state index in [1.807, 2.05) is 41.0 Å². The summed E-state index contributed by atoms with van der Waals surface area (Å²) in [7, 11) is 1.57. The molecule has 1 aliphatic heterocycles. The molecule has 0 aliphatic carbocycles. The Morgan fingerprint density at radius 3 is 2.53 bits per heavy atom. The highest BCUT2D eigenvalue weighted by Gasteiger charge is 2.30. The highest BCUT2D eigenvalue weighted by Crippen LogP contribution is 2.33. The van der Waals surface area contributed by atoms with E-state index in [0.717, 1.165) is 27.9 Å². The Bertz CT molecular complexity index is 1580. The number of aryl methyl sites for hydroxylation is 3. The van der Waals surface area contributed by atoms with Gasteiger partial charge in [0.15, 0.2) is 11.2 Å². The Balaban J connectivity index is 1.55. The van der Waals surface area contributed by atoms with Crippen LogP contribution in [0.5, 0.6) is 0 Å². The maximum Gasteiger partial charge on any atom is 0.333 e. The van der Waals surface area contributed by atoms with Crippen molar-refractivity contribution in [1.29, 1.82) is 0 Å². The third kappa shape index (κ3) is 4.10. The predicted molar refractivity (Wildman–Crippen MR) is 138 cm³/mol. The summed E-state index contributed by atoms with van der Waals surface area (Å²) in [5.41, 5.74) is 3.63. The van der Waals surface area contributed by atoms with Gasteiger partial charge in [-0.3, -0.25) is 14.2 Å². The smallest absolute Gasteiger partial charge is 0.333 e. The maximum atomic E-state index is 13.6. The van der Waals surface area contributed by atoms with Gasteiger partial charge < -0.3 is 14.2 Å². The van der Waals surface area contributed by atoms with E-state index in [1.54, 1.807) is 7.05 Å². The van der Waals surface area contributed by atoms with E-state index in [0.29, 0.717) is 23.7 Å². The molecule has 1 aliphatic rings. The third-order valence-electron chi connectivity index (χ3n) is 6.77. The van der Waals surface area contributed by atoms with E-state index in [-0.39, 0.29) is 12.5 Å². The molecule has 4 aromatic rings. The van der Waals surface area contributed by atoms with Gasteiger partial charge in [0.25, 0.3) is 5.56 Å². The van der Waals surface area contributed by atoms with Gasteiger partial charge in [-0.2, -0.15) is 4.98 Å². The number of imidazole rings is 1. The van der Waals surface area contributed by atoms with Gasteiger partial charge in [0.1, 0.15) is 13.2 Å². The third-order valence-corrected chi connectivity index (χ3v) is 6.77. The molecule has 36 heavy (non-hydrogen) atoms. The second-order valence-corrected chi connectivity index (χ2v) is 9.56. The zero-order valence-electron chi connectivity index (χ0n) is 20.9. The summed E-state index contributed by atoms with van der Waals surface area (Å²) >= 11 is 0. The number of rotatable bonds is 5. The number of hydrogen-bond acceptors (Lipinski definition) is 6. The SMILES string of the molecule is Cc1ccc(N2C[C@H](C)Cn3c2nc2c3c(=O)n(CC(=O)OCc3ccccc3)c(=O)n2C)cc1C. The van der Waals surface area contributed by atoms with E-state index in [1.165, 1.54) is 10.1 Å². The van der Waals surface area contributed by atoms with Crippen molar-refractivity contribution in [1.82, 2.24) is 18.7 Å². The van der Waals surface area contributed by atoms with E-state index < -0.39 is 23.8 Å². The Kier molecular flexibility index (Phi) is 5.99.